The Morgan fingerprint density at radius 2 is 1.96 bits per heavy atom. The van der Waals surface area contributed by atoms with Crippen LogP contribution in [0.4, 0.5) is 0 Å². The van der Waals surface area contributed by atoms with E-state index in [0.29, 0.717) is 21.7 Å². The Balaban J connectivity index is 1.55. The van der Waals surface area contributed by atoms with Gasteiger partial charge in [-0.05, 0) is 30.2 Å². The number of carbonyl (C=O) groups is 1. The van der Waals surface area contributed by atoms with Crippen molar-refractivity contribution in [2.24, 2.45) is 0 Å². The number of likely N-dealkylation sites (tertiary alicyclic amines) is 1. The van der Waals surface area contributed by atoms with Crippen molar-refractivity contribution in [1.29, 1.82) is 0 Å². The highest BCUT2D eigenvalue weighted by Crippen LogP contribution is 2.29. The van der Waals surface area contributed by atoms with E-state index >= 15 is 0 Å². The zero-order valence-electron chi connectivity index (χ0n) is 12.5. The third-order valence-corrected chi connectivity index (χ3v) is 4.59. The first kappa shape index (κ1) is 16.2. The van der Waals surface area contributed by atoms with Gasteiger partial charge in [0.25, 0.3) is 5.91 Å². The fourth-order valence-corrected chi connectivity index (χ4v) is 3.27. The largest absolute Gasteiger partial charge is 0.482 e. The summed E-state index contributed by atoms with van der Waals surface area (Å²) >= 11 is 11.9. The third kappa shape index (κ3) is 3.98. The molecule has 1 aliphatic rings. The van der Waals surface area contributed by atoms with Gasteiger partial charge in [-0.25, -0.2) is 0 Å². The Bertz CT molecular complexity index is 691. The minimum absolute atomic E-state index is 0.0110. The van der Waals surface area contributed by atoms with Crippen LogP contribution in [0.15, 0.2) is 48.5 Å². The van der Waals surface area contributed by atoms with Crippen LogP contribution in [0.5, 0.6) is 5.75 Å². The van der Waals surface area contributed by atoms with E-state index in [-0.39, 0.29) is 12.5 Å². The Morgan fingerprint density at radius 1 is 1.17 bits per heavy atom. The van der Waals surface area contributed by atoms with Crippen molar-refractivity contribution in [2.75, 3.05) is 19.7 Å². The van der Waals surface area contributed by atoms with Gasteiger partial charge in [0.05, 0.1) is 5.02 Å². The van der Waals surface area contributed by atoms with Crippen LogP contribution in [0, 0.1) is 0 Å². The lowest BCUT2D eigenvalue weighted by Gasteiger charge is -2.17. The fourth-order valence-electron chi connectivity index (χ4n) is 2.81. The molecule has 2 aromatic carbocycles. The highest BCUT2D eigenvalue weighted by molar-refractivity contribution is 6.35. The van der Waals surface area contributed by atoms with Crippen LogP contribution in [-0.4, -0.2) is 30.5 Å². The first-order valence-electron chi connectivity index (χ1n) is 7.54. The number of amides is 1. The molecule has 2 aromatic rings. The molecular weight excluding hydrogens is 333 g/mol. The van der Waals surface area contributed by atoms with E-state index < -0.39 is 0 Å². The van der Waals surface area contributed by atoms with Crippen molar-refractivity contribution in [2.45, 2.75) is 12.3 Å². The maximum absolute atomic E-state index is 12.3. The van der Waals surface area contributed by atoms with Gasteiger partial charge in [-0.3, -0.25) is 4.79 Å². The second-order valence-electron chi connectivity index (χ2n) is 5.60. The van der Waals surface area contributed by atoms with Crippen LogP contribution in [0.25, 0.3) is 0 Å². The molecule has 1 fully saturated rings. The van der Waals surface area contributed by atoms with E-state index in [0.717, 1.165) is 19.5 Å². The van der Waals surface area contributed by atoms with Gasteiger partial charge in [-0.2, -0.15) is 0 Å². The number of hydrogen-bond donors (Lipinski definition) is 0. The maximum Gasteiger partial charge on any atom is 0.260 e. The van der Waals surface area contributed by atoms with E-state index in [2.05, 4.69) is 12.1 Å². The SMILES string of the molecule is O=C(COc1ccc(Cl)cc1Cl)N1CCC(c2ccccc2)C1. The predicted octanol–water partition coefficient (Wildman–Crippen LogP) is 4.39. The number of benzene rings is 2. The highest BCUT2D eigenvalue weighted by Gasteiger charge is 2.27. The molecule has 0 aromatic heterocycles. The quantitative estimate of drug-likeness (QED) is 0.819. The minimum atomic E-state index is -0.0190. The maximum atomic E-state index is 12.3. The molecule has 3 rings (SSSR count). The molecule has 120 valence electrons. The number of halogens is 2. The summed E-state index contributed by atoms with van der Waals surface area (Å²) in [5, 5.41) is 0.952. The molecule has 1 saturated heterocycles. The lowest BCUT2D eigenvalue weighted by Crippen LogP contribution is -2.32. The van der Waals surface area contributed by atoms with Crippen LogP contribution in [0.2, 0.25) is 10.0 Å². The van der Waals surface area contributed by atoms with E-state index in [1.807, 2.05) is 23.1 Å². The topological polar surface area (TPSA) is 29.5 Å². The lowest BCUT2D eigenvalue weighted by atomic mass is 9.99. The Hall–Kier alpha value is -1.71. The van der Waals surface area contributed by atoms with Gasteiger partial charge >= 0.3 is 0 Å². The van der Waals surface area contributed by atoms with Crippen molar-refractivity contribution in [1.82, 2.24) is 4.90 Å². The predicted molar refractivity (Wildman–Crippen MR) is 92.3 cm³/mol. The van der Waals surface area contributed by atoms with Gasteiger partial charge in [0, 0.05) is 24.0 Å². The standard InChI is InChI=1S/C18H17Cl2NO2/c19-15-6-7-17(16(20)10-15)23-12-18(22)21-9-8-14(11-21)13-4-2-1-3-5-13/h1-7,10,14H,8-9,11-12H2. The average molecular weight is 350 g/mol. The van der Waals surface area contributed by atoms with Crippen LogP contribution in [-0.2, 0) is 4.79 Å². The summed E-state index contributed by atoms with van der Waals surface area (Å²) in [6.45, 7) is 1.49. The van der Waals surface area contributed by atoms with Crippen LogP contribution in [0.1, 0.15) is 17.9 Å². The van der Waals surface area contributed by atoms with Crippen molar-refractivity contribution >= 4 is 29.1 Å². The molecule has 23 heavy (non-hydrogen) atoms. The van der Waals surface area contributed by atoms with Crippen LogP contribution in [0.3, 0.4) is 0 Å². The zero-order chi connectivity index (χ0) is 16.2. The number of hydrogen-bond acceptors (Lipinski definition) is 2. The van der Waals surface area contributed by atoms with Crippen molar-refractivity contribution < 1.29 is 9.53 Å². The molecule has 1 amide bonds. The lowest BCUT2D eigenvalue weighted by molar-refractivity contribution is -0.132. The number of rotatable bonds is 4. The molecule has 0 bridgehead atoms. The fraction of sp³-hybridized carbons (Fsp3) is 0.278. The van der Waals surface area contributed by atoms with Gasteiger partial charge < -0.3 is 9.64 Å². The van der Waals surface area contributed by atoms with Gasteiger partial charge in [0.15, 0.2) is 6.61 Å². The normalized spacial score (nSPS) is 17.3. The molecule has 0 aliphatic carbocycles. The Kier molecular flexibility index (Phi) is 5.09. The molecule has 5 heteroatoms. The summed E-state index contributed by atoms with van der Waals surface area (Å²) in [5.41, 5.74) is 1.28. The monoisotopic (exact) mass is 349 g/mol. The summed E-state index contributed by atoms with van der Waals surface area (Å²) in [6.07, 6.45) is 0.984. The minimum Gasteiger partial charge on any atom is -0.482 e. The zero-order valence-corrected chi connectivity index (χ0v) is 14.1. The highest BCUT2D eigenvalue weighted by atomic mass is 35.5. The Labute approximate surface area is 145 Å². The smallest absolute Gasteiger partial charge is 0.260 e. The van der Waals surface area contributed by atoms with E-state index in [1.165, 1.54) is 5.56 Å². The average Bonchev–Trinajstić information content (AvgIpc) is 3.05. The van der Waals surface area contributed by atoms with Crippen molar-refractivity contribution in [3.63, 3.8) is 0 Å². The first-order chi connectivity index (χ1) is 11.1. The van der Waals surface area contributed by atoms with Crippen molar-refractivity contribution in [3.05, 3.63) is 64.1 Å². The molecule has 1 atom stereocenters. The number of nitrogens with zero attached hydrogens (tertiary/aromatic N) is 1. The number of ether oxygens (including phenoxy) is 1. The molecule has 0 radical (unpaired) electrons. The Morgan fingerprint density at radius 3 is 2.70 bits per heavy atom. The second kappa shape index (κ2) is 7.24. The van der Waals surface area contributed by atoms with E-state index in [4.69, 9.17) is 27.9 Å². The second-order valence-corrected chi connectivity index (χ2v) is 6.44. The summed E-state index contributed by atoms with van der Waals surface area (Å²) in [6, 6.07) is 15.3. The third-order valence-electron chi connectivity index (χ3n) is 4.06. The molecular formula is C18H17Cl2NO2. The van der Waals surface area contributed by atoms with Gasteiger partial charge in [0.1, 0.15) is 5.75 Å². The number of carbonyl (C=O) groups excluding carboxylic acids is 1. The first-order valence-corrected chi connectivity index (χ1v) is 8.29. The molecule has 0 saturated carbocycles. The van der Waals surface area contributed by atoms with Gasteiger partial charge in [-0.15, -0.1) is 0 Å². The molecule has 1 heterocycles. The summed E-state index contributed by atoms with van der Waals surface area (Å²) in [7, 11) is 0. The molecule has 0 spiro atoms. The van der Waals surface area contributed by atoms with Crippen LogP contribution >= 0.6 is 23.2 Å². The van der Waals surface area contributed by atoms with E-state index in [1.54, 1.807) is 18.2 Å². The summed E-state index contributed by atoms with van der Waals surface area (Å²) < 4.78 is 5.53. The van der Waals surface area contributed by atoms with Crippen LogP contribution < -0.4 is 4.74 Å². The summed E-state index contributed by atoms with van der Waals surface area (Å²) in [4.78, 5) is 14.2. The van der Waals surface area contributed by atoms with Gasteiger partial charge in [-0.1, -0.05) is 53.5 Å². The molecule has 1 aliphatic heterocycles. The summed E-state index contributed by atoms with van der Waals surface area (Å²) in [5.74, 6) is 0.858. The molecule has 0 N–H and O–H groups in total. The van der Waals surface area contributed by atoms with E-state index in [9.17, 15) is 4.79 Å². The molecule has 1 unspecified atom stereocenters. The van der Waals surface area contributed by atoms with Crippen molar-refractivity contribution in [3.8, 4) is 5.75 Å². The van der Waals surface area contributed by atoms with Gasteiger partial charge in [0.2, 0.25) is 0 Å². The molecule has 3 nitrogen and oxygen atoms in total.